The van der Waals surface area contributed by atoms with Gasteiger partial charge >= 0.3 is 0 Å². The van der Waals surface area contributed by atoms with Gasteiger partial charge in [0.05, 0.1) is 11.8 Å². The predicted octanol–water partition coefficient (Wildman–Crippen LogP) is 0.757. The van der Waals surface area contributed by atoms with E-state index in [-0.39, 0.29) is 5.91 Å². The molecule has 5 nitrogen and oxygen atoms in total. The fraction of sp³-hybridized carbons (Fsp3) is 0.615. The Hall–Kier alpha value is -1.49. The molecular weight excluding hydrogens is 230 g/mol. The minimum Gasteiger partial charge on any atom is -0.387 e. The van der Waals surface area contributed by atoms with Crippen LogP contribution in [0.25, 0.3) is 0 Å². The number of nitrogens with one attached hydrogen (secondary N) is 1. The van der Waals surface area contributed by atoms with Crippen LogP contribution in [0.1, 0.15) is 36.2 Å². The molecule has 2 fully saturated rings. The molecule has 2 aliphatic rings. The van der Waals surface area contributed by atoms with Crippen LogP contribution < -0.4 is 5.32 Å². The summed E-state index contributed by atoms with van der Waals surface area (Å²) in [5.41, 5.74) is -0.399. The lowest BCUT2D eigenvalue weighted by Crippen LogP contribution is -2.46. The fourth-order valence-electron chi connectivity index (χ4n) is 2.52. The van der Waals surface area contributed by atoms with Crippen molar-refractivity contribution in [2.45, 2.75) is 31.3 Å². The van der Waals surface area contributed by atoms with Gasteiger partial charge in [-0.1, -0.05) is 0 Å². The standard InChI is InChI=1S/C13H17N3O2/c17-12(11-7-14-5-6-15-11)16-8-13(18,9-1-2-9)10-3-4-10/h5-7,9-10,18H,1-4,8H2,(H,16,17). The molecule has 0 saturated heterocycles. The van der Waals surface area contributed by atoms with Gasteiger partial charge in [0.15, 0.2) is 0 Å². The van der Waals surface area contributed by atoms with Crippen molar-refractivity contribution in [1.82, 2.24) is 15.3 Å². The van der Waals surface area contributed by atoms with E-state index in [9.17, 15) is 9.90 Å². The summed E-state index contributed by atoms with van der Waals surface area (Å²) in [6.45, 7) is 0.331. The van der Waals surface area contributed by atoms with Gasteiger partial charge in [-0.05, 0) is 37.5 Å². The zero-order chi connectivity index (χ0) is 12.6. The molecule has 0 aliphatic heterocycles. The van der Waals surface area contributed by atoms with Gasteiger partial charge < -0.3 is 10.4 Å². The molecule has 2 saturated carbocycles. The van der Waals surface area contributed by atoms with Gasteiger partial charge in [0.25, 0.3) is 5.91 Å². The molecule has 0 unspecified atom stereocenters. The highest BCUT2D eigenvalue weighted by Crippen LogP contribution is 2.51. The summed E-state index contributed by atoms with van der Waals surface area (Å²) in [6.07, 6.45) is 8.76. The third-order valence-electron chi connectivity index (χ3n) is 3.90. The molecule has 5 heteroatoms. The van der Waals surface area contributed by atoms with Crippen molar-refractivity contribution in [1.29, 1.82) is 0 Å². The van der Waals surface area contributed by atoms with Gasteiger partial charge in [-0.25, -0.2) is 4.98 Å². The van der Waals surface area contributed by atoms with E-state index >= 15 is 0 Å². The van der Waals surface area contributed by atoms with Gasteiger partial charge in [0, 0.05) is 18.9 Å². The molecule has 1 amide bonds. The molecule has 2 N–H and O–H groups in total. The Balaban J connectivity index is 1.61. The highest BCUT2D eigenvalue weighted by atomic mass is 16.3. The molecule has 2 aliphatic carbocycles. The predicted molar refractivity (Wildman–Crippen MR) is 64.8 cm³/mol. The number of nitrogens with zero attached hydrogens (tertiary/aromatic N) is 2. The van der Waals surface area contributed by atoms with Crippen LogP contribution in [0, 0.1) is 11.8 Å². The average molecular weight is 247 g/mol. The Morgan fingerprint density at radius 3 is 2.50 bits per heavy atom. The van der Waals surface area contributed by atoms with Crippen LogP contribution in [0.2, 0.25) is 0 Å². The molecule has 0 radical (unpaired) electrons. The highest BCUT2D eigenvalue weighted by molar-refractivity contribution is 5.91. The monoisotopic (exact) mass is 247 g/mol. The second-order valence-corrected chi connectivity index (χ2v) is 5.31. The van der Waals surface area contributed by atoms with E-state index in [1.807, 2.05) is 0 Å². The topological polar surface area (TPSA) is 75.1 Å². The van der Waals surface area contributed by atoms with Crippen LogP contribution in [-0.2, 0) is 0 Å². The molecule has 3 rings (SSSR count). The smallest absolute Gasteiger partial charge is 0.271 e. The molecule has 1 aromatic rings. The van der Waals surface area contributed by atoms with E-state index in [0.29, 0.717) is 24.1 Å². The Morgan fingerprint density at radius 1 is 1.33 bits per heavy atom. The van der Waals surface area contributed by atoms with E-state index in [1.165, 1.54) is 18.6 Å². The van der Waals surface area contributed by atoms with E-state index < -0.39 is 5.60 Å². The SMILES string of the molecule is O=C(NCC(O)(C1CC1)C1CC1)c1cnccn1. The first kappa shape index (κ1) is 11.6. The van der Waals surface area contributed by atoms with E-state index in [4.69, 9.17) is 0 Å². The highest BCUT2D eigenvalue weighted by Gasteiger charge is 2.53. The van der Waals surface area contributed by atoms with Crippen molar-refractivity contribution < 1.29 is 9.90 Å². The second kappa shape index (κ2) is 4.31. The number of hydrogen-bond donors (Lipinski definition) is 2. The van der Waals surface area contributed by atoms with Gasteiger partial charge in [-0.3, -0.25) is 9.78 Å². The van der Waals surface area contributed by atoms with Gasteiger partial charge in [0.2, 0.25) is 0 Å². The maximum atomic E-state index is 11.9. The molecule has 1 aromatic heterocycles. The lowest BCUT2D eigenvalue weighted by molar-refractivity contribution is -0.00326. The summed E-state index contributed by atoms with van der Waals surface area (Å²) in [7, 11) is 0. The summed E-state index contributed by atoms with van der Waals surface area (Å²) in [4.78, 5) is 19.7. The summed E-state index contributed by atoms with van der Waals surface area (Å²) in [6, 6.07) is 0. The summed E-state index contributed by atoms with van der Waals surface area (Å²) < 4.78 is 0. The summed E-state index contributed by atoms with van der Waals surface area (Å²) in [5, 5.41) is 13.4. The van der Waals surface area contributed by atoms with E-state index in [2.05, 4.69) is 15.3 Å². The molecule has 0 aromatic carbocycles. The fourth-order valence-corrected chi connectivity index (χ4v) is 2.52. The van der Waals surface area contributed by atoms with Gasteiger partial charge in [0.1, 0.15) is 5.69 Å². The number of aliphatic hydroxyl groups is 1. The van der Waals surface area contributed by atoms with Crippen molar-refractivity contribution in [2.24, 2.45) is 11.8 Å². The van der Waals surface area contributed by atoms with Crippen molar-refractivity contribution in [3.63, 3.8) is 0 Å². The molecule has 0 bridgehead atoms. The maximum absolute atomic E-state index is 11.9. The molecule has 0 spiro atoms. The first-order chi connectivity index (χ1) is 8.70. The van der Waals surface area contributed by atoms with Crippen molar-refractivity contribution in [2.75, 3.05) is 6.54 Å². The molecular formula is C13H17N3O2. The van der Waals surface area contributed by atoms with Crippen LogP contribution in [0.4, 0.5) is 0 Å². The van der Waals surface area contributed by atoms with Gasteiger partial charge in [-0.15, -0.1) is 0 Å². The van der Waals surface area contributed by atoms with Crippen LogP contribution >= 0.6 is 0 Å². The van der Waals surface area contributed by atoms with E-state index in [1.54, 1.807) is 0 Å². The lowest BCUT2D eigenvalue weighted by atomic mass is 9.91. The molecule has 96 valence electrons. The quantitative estimate of drug-likeness (QED) is 0.805. The lowest BCUT2D eigenvalue weighted by Gasteiger charge is -2.28. The second-order valence-electron chi connectivity index (χ2n) is 5.31. The van der Waals surface area contributed by atoms with Crippen LogP contribution in [0.15, 0.2) is 18.6 Å². The number of rotatable bonds is 5. The number of carbonyl (C=O) groups excluding carboxylic acids is 1. The minimum atomic E-state index is -0.697. The van der Waals surface area contributed by atoms with Gasteiger partial charge in [-0.2, -0.15) is 0 Å². The first-order valence-electron chi connectivity index (χ1n) is 6.47. The molecule has 18 heavy (non-hydrogen) atoms. The van der Waals surface area contributed by atoms with Crippen molar-refractivity contribution >= 4 is 5.91 Å². The third-order valence-corrected chi connectivity index (χ3v) is 3.90. The zero-order valence-corrected chi connectivity index (χ0v) is 10.2. The number of carbonyl (C=O) groups is 1. The largest absolute Gasteiger partial charge is 0.387 e. The Morgan fingerprint density at radius 2 is 2.00 bits per heavy atom. The summed E-state index contributed by atoms with van der Waals surface area (Å²) >= 11 is 0. The van der Waals surface area contributed by atoms with Crippen LogP contribution in [-0.4, -0.2) is 33.1 Å². The van der Waals surface area contributed by atoms with Crippen molar-refractivity contribution in [3.8, 4) is 0 Å². The molecule has 0 atom stereocenters. The van der Waals surface area contributed by atoms with Crippen LogP contribution in [0.3, 0.4) is 0 Å². The minimum absolute atomic E-state index is 0.261. The number of hydrogen-bond acceptors (Lipinski definition) is 4. The van der Waals surface area contributed by atoms with E-state index in [0.717, 1.165) is 25.7 Å². The normalized spacial score (nSPS) is 19.6. The number of amides is 1. The Bertz CT molecular complexity index is 429. The van der Waals surface area contributed by atoms with Crippen molar-refractivity contribution in [3.05, 3.63) is 24.3 Å². The molecule has 1 heterocycles. The maximum Gasteiger partial charge on any atom is 0.271 e. The van der Waals surface area contributed by atoms with Crippen LogP contribution in [0.5, 0.6) is 0 Å². The average Bonchev–Trinajstić information content (AvgIpc) is 3.28. The Labute approximate surface area is 106 Å². The number of aromatic nitrogens is 2. The zero-order valence-electron chi connectivity index (χ0n) is 10.2. The summed E-state index contributed by atoms with van der Waals surface area (Å²) in [5.74, 6) is 0.474. The third kappa shape index (κ3) is 2.22. The Kier molecular flexibility index (Phi) is 2.78. The first-order valence-corrected chi connectivity index (χ1v) is 6.47.